The number of aromatic nitrogens is 11. The fraction of sp³-hybridized carbons (Fsp3) is 0.441. The van der Waals surface area contributed by atoms with Gasteiger partial charge in [0.2, 0.25) is 5.91 Å². The van der Waals surface area contributed by atoms with E-state index in [0.717, 1.165) is 186 Å². The molecule has 25 nitrogen and oxygen atoms in total. The Kier molecular flexibility index (Phi) is 29.4. The summed E-state index contributed by atoms with van der Waals surface area (Å²) in [6.07, 6.45) is 32.6. The average Bonchev–Trinajstić information content (AvgIpc) is 1.60. The molecule has 6 N–H and O–H groups in total. The normalized spacial score (nSPS) is 22.3. The Morgan fingerprint density at radius 1 is 0.674 bits per heavy atom. The van der Waals surface area contributed by atoms with Crippen LogP contribution in [-0.2, 0) is 40.7 Å². The van der Waals surface area contributed by atoms with Gasteiger partial charge in [0.05, 0.1) is 65.4 Å². The van der Waals surface area contributed by atoms with Crippen LogP contribution in [0.2, 0.25) is 0 Å². The average molecular weight is 1820 g/mol. The molecule has 7 aliphatic rings. The second kappa shape index (κ2) is 41.1. The molecule has 3 saturated heterocycles. The third-order valence-corrected chi connectivity index (χ3v) is 30.2. The number of anilines is 4. The van der Waals surface area contributed by atoms with Crippen molar-refractivity contribution in [3.05, 3.63) is 214 Å². The summed E-state index contributed by atoms with van der Waals surface area (Å²) in [4.78, 5) is 116. The zero-order valence-corrected chi connectivity index (χ0v) is 78.0. The number of piperidine rings is 2. The molecule has 129 heavy (non-hydrogen) atoms. The topological polar surface area (TPSA) is 300 Å². The first-order valence-electron chi connectivity index (χ1n) is 45.7. The molecule has 3 aliphatic heterocycles. The van der Waals surface area contributed by atoms with Crippen molar-refractivity contribution in [3.8, 4) is 12.3 Å². The Morgan fingerprint density at radius 3 is 2.00 bits per heavy atom. The minimum atomic E-state index is -0.143. The number of terminal acetylenes is 1. The number of Topliss-reactive ketones (excluding diaryl/α,β-unsaturated/α-hetero) is 2. The highest BCUT2D eigenvalue weighted by molar-refractivity contribution is 9.10. The van der Waals surface area contributed by atoms with Gasteiger partial charge in [0.1, 0.15) is 58.9 Å². The van der Waals surface area contributed by atoms with Gasteiger partial charge in [0, 0.05) is 131 Å². The van der Waals surface area contributed by atoms with Gasteiger partial charge in [-0.05, 0) is 219 Å². The van der Waals surface area contributed by atoms with Gasteiger partial charge in [0.15, 0.2) is 17.3 Å². The number of allylic oxidation sites excluding steroid dienone is 1. The number of H-pyrrole nitrogens is 3. The molecular weight excluding hydrogens is 1700 g/mol. The summed E-state index contributed by atoms with van der Waals surface area (Å²) in [6, 6.07) is 41.1. The maximum Gasteiger partial charge on any atom is 0.320 e. The number of hydrogen-bond donors (Lipinski definition) is 6. The lowest BCUT2D eigenvalue weighted by atomic mass is 9.46. The van der Waals surface area contributed by atoms with E-state index in [9.17, 15) is 34.2 Å². The monoisotopic (exact) mass is 1820 g/mol. The predicted molar refractivity (Wildman–Crippen MR) is 516 cm³/mol. The van der Waals surface area contributed by atoms with Crippen molar-refractivity contribution < 1.29 is 34.2 Å². The maximum absolute atomic E-state index is 13.7. The van der Waals surface area contributed by atoms with Crippen LogP contribution < -0.4 is 15.1 Å². The summed E-state index contributed by atoms with van der Waals surface area (Å²) in [5.41, 5.74) is 11.2. The summed E-state index contributed by atoms with van der Waals surface area (Å²) in [5, 5.41) is 27.3. The number of fused-ring (bicyclic) bond motifs is 10. The number of nitrogens with zero attached hydrogens (tertiary/aromatic N) is 14. The third kappa shape index (κ3) is 20.5. The van der Waals surface area contributed by atoms with Crippen LogP contribution in [0.15, 0.2) is 181 Å². The lowest BCUT2D eigenvalue weighted by molar-refractivity contribution is -0.132. The fourth-order valence-corrected chi connectivity index (χ4v) is 22.0. The molecule has 7 aromatic heterocycles. The van der Waals surface area contributed by atoms with Crippen LogP contribution in [0, 0.1) is 70.1 Å². The number of carbonyl (C=O) groups excluding carboxylic acids is 5. The molecule has 3 saturated carbocycles. The van der Waals surface area contributed by atoms with Crippen LogP contribution in [0.4, 0.5) is 27.9 Å². The van der Waals surface area contributed by atoms with E-state index in [-0.39, 0.29) is 66.2 Å². The molecule has 10 heterocycles. The molecule has 5 aromatic carbocycles. The molecule has 0 radical (unpaired) electrons. The molecule has 8 unspecified atom stereocenters. The Balaban J connectivity index is 0.000000125. The first-order valence-corrected chi connectivity index (χ1v) is 46.9. The van der Waals surface area contributed by atoms with Crippen molar-refractivity contribution in [3.63, 3.8) is 0 Å². The fourth-order valence-electron chi connectivity index (χ4n) is 21.4. The highest BCUT2D eigenvalue weighted by Gasteiger charge is 2.60. The number of aliphatic hydroxyl groups is 2. The number of imidazole rings is 1. The first kappa shape index (κ1) is 92.3. The number of carbonyl (C=O) groups is 5. The minimum Gasteiger partial charge on any atom is -0.392 e. The summed E-state index contributed by atoms with van der Waals surface area (Å²) in [7, 11) is 4.12. The SMILES string of the molecule is C#CCC(=O)N1CCC(C)C(N(C)c2ncnc3[nH]ccc23)C1.CC(C)N(CCC(=O)c1ccc2ccccc2c1)Cc1ccccc1.CC12CCC(=O)C=C1CCC1C2CCC2(C)C(C(=O)Cn3cnc4c(=S)cc[nH]c43)CCC12.C[C@@H]1CCN(C(=O)N2CCCC2)C[C@@H]1N(C)c1ncnc2[nH]ccc12.Cc1ccc(Nc2ncnc3cc(CO)c(CO)cc23)cc1Br. The van der Waals surface area contributed by atoms with Gasteiger partial charge in [-0.25, -0.2) is 39.7 Å². The molecule has 27 heteroatoms. The van der Waals surface area contributed by atoms with Gasteiger partial charge in [0.25, 0.3) is 0 Å². The van der Waals surface area contributed by atoms with E-state index in [0.29, 0.717) is 94.6 Å². The van der Waals surface area contributed by atoms with E-state index in [4.69, 9.17) is 18.6 Å². The summed E-state index contributed by atoms with van der Waals surface area (Å²) >= 11 is 8.91. The number of nitrogens with one attached hydrogen (secondary N) is 4. The number of urea groups is 1. The van der Waals surface area contributed by atoms with E-state index in [1.807, 2.05) is 137 Å². The molecule has 674 valence electrons. The number of aromatic amines is 3. The molecule has 0 spiro atoms. The van der Waals surface area contributed by atoms with E-state index in [1.54, 1.807) is 25.0 Å². The highest BCUT2D eigenvalue weighted by Crippen LogP contribution is 2.67. The number of halogens is 1. The molecular formula is C102H121BrN18O7S. The van der Waals surface area contributed by atoms with Crippen molar-refractivity contribution in [1.82, 2.24) is 74.0 Å². The van der Waals surface area contributed by atoms with Crippen molar-refractivity contribution in [2.24, 2.45) is 46.3 Å². The second-order valence-corrected chi connectivity index (χ2v) is 38.3. The largest absolute Gasteiger partial charge is 0.392 e. The number of rotatable bonds is 19. The zero-order valence-electron chi connectivity index (χ0n) is 75.6. The lowest BCUT2D eigenvalue weighted by Crippen LogP contribution is -2.55. The highest BCUT2D eigenvalue weighted by atomic mass is 79.9. The Bertz CT molecular complexity index is 6160. The molecule has 4 aliphatic carbocycles. The van der Waals surface area contributed by atoms with Gasteiger partial charge in [-0.3, -0.25) is 24.1 Å². The van der Waals surface area contributed by atoms with Crippen LogP contribution in [0.3, 0.4) is 0 Å². The lowest BCUT2D eigenvalue weighted by Gasteiger charge is -2.58. The Labute approximate surface area is 769 Å². The van der Waals surface area contributed by atoms with Crippen LogP contribution in [0.1, 0.15) is 164 Å². The molecule has 12 aromatic rings. The number of ketones is 3. The summed E-state index contributed by atoms with van der Waals surface area (Å²) in [6.45, 7) is 22.3. The maximum atomic E-state index is 13.7. The van der Waals surface area contributed by atoms with Crippen LogP contribution >= 0.6 is 28.1 Å². The summed E-state index contributed by atoms with van der Waals surface area (Å²) in [5.74, 6) is 8.88. The van der Waals surface area contributed by atoms with Crippen molar-refractivity contribution in [2.45, 2.75) is 183 Å². The first-order chi connectivity index (χ1) is 62.3. The van der Waals surface area contributed by atoms with Crippen LogP contribution in [0.25, 0.3) is 54.9 Å². The van der Waals surface area contributed by atoms with Crippen LogP contribution in [-0.4, -0.2) is 192 Å². The Morgan fingerprint density at radius 2 is 1.33 bits per heavy atom. The Hall–Kier alpha value is -11.4. The van der Waals surface area contributed by atoms with Crippen molar-refractivity contribution in [2.75, 3.05) is 75.0 Å². The molecule has 3 amide bonds. The number of pyridine rings is 1. The molecule has 6 fully saturated rings. The molecule has 19 rings (SSSR count). The quantitative estimate of drug-likeness (QED) is 0.0249. The van der Waals surface area contributed by atoms with Crippen LogP contribution in [0.5, 0.6) is 0 Å². The van der Waals surface area contributed by atoms with Crippen molar-refractivity contribution in [1.29, 1.82) is 0 Å². The number of amides is 3. The number of aryl methyl sites for hydroxylation is 1. The van der Waals surface area contributed by atoms with E-state index < -0.39 is 0 Å². The van der Waals surface area contributed by atoms with E-state index in [1.165, 1.54) is 35.7 Å². The second-order valence-electron chi connectivity index (χ2n) is 37.0. The van der Waals surface area contributed by atoms with Gasteiger partial charge in [-0.15, -0.1) is 6.42 Å². The van der Waals surface area contributed by atoms with E-state index in [2.05, 4.69) is 177 Å². The van der Waals surface area contributed by atoms with Gasteiger partial charge < -0.3 is 59.5 Å². The minimum absolute atomic E-state index is 0.0345. The third-order valence-electron chi connectivity index (χ3n) is 29.0. The predicted octanol–water partition coefficient (Wildman–Crippen LogP) is 18.5. The standard InChI is InChI=1S/C27H33N3O2S.C23H25NO.C18H26N6O.C17H16BrN3O2.C17H21N5O/c1-26-10-7-17(31)13-16(26)3-4-18-19-5-6-21(27(19,2)11-8-20(18)26)22(32)14-30-15-29-24-23(33)9-12-28-25(24)30;1-18(2)24(17-19-8-4-3-5-9-19)15-14-23(25)22-13-12-20-10-6-7-11-21(20)16-22;1-13-6-10-24(18(25)23-8-3-4-9-23)11-15(13)22(2)17-14-5-7-19-16(14)20-12-21-17;1-10-2-3-13(6-15(10)18)21-17-14-4-11(7-22)12(8-23)5-16(14)19-9-20-17;1-4-5-15(23)22-9-7-12(2)14(10-22)21(3)17-13-6-8-18-16(13)19-11-20-17/h9,12-13,15,18-21H,3-8,10-11,14H2,1-2H3,(H,28,33);3-13,16,18H,14-15,17H2,1-2H3;5,7,12-13,15H,3-4,6,8-11H2,1-2H3,(H,19,20,21);2-6,9,22-23H,7-8H2,1H3,(H,19,20,21);1,6,8,11-12,14H,5,7,9-10H2,2-3H3,(H,18,19,20)/t;;13-,15+;;/m..1../s1. The number of aliphatic hydroxyl groups excluding tert-OH is 2. The van der Waals surface area contributed by atoms with Gasteiger partial charge >= 0.3 is 6.03 Å². The number of hydrogen-bond acceptors (Lipinski definition) is 19. The zero-order chi connectivity index (χ0) is 90.8. The molecule has 0 bridgehead atoms. The summed E-state index contributed by atoms with van der Waals surface area (Å²) < 4.78 is 3.66. The van der Waals surface area contributed by atoms with Crippen molar-refractivity contribution >= 4 is 135 Å². The van der Waals surface area contributed by atoms with E-state index >= 15 is 0 Å². The smallest absolute Gasteiger partial charge is 0.320 e. The number of benzene rings is 5. The number of likely N-dealkylation sites (N-methyl/N-ethyl adjacent to an activating group) is 2. The van der Waals surface area contributed by atoms with Gasteiger partial charge in [-0.1, -0.05) is 140 Å². The molecule has 10 atom stereocenters. The van der Waals surface area contributed by atoms with Gasteiger partial charge in [-0.2, -0.15) is 0 Å². The number of likely N-dealkylation sites (tertiary alicyclic amines) is 3.